The third kappa shape index (κ3) is 4.04. The molecule has 0 aliphatic heterocycles. The molecule has 1 aromatic carbocycles. The monoisotopic (exact) mass is 328 g/mol. The zero-order valence-electron chi connectivity index (χ0n) is 11.6. The molecular formula is C13H17ClN4O2S. The predicted octanol–water partition coefficient (Wildman–Crippen LogP) is 1.05. The lowest BCUT2D eigenvalue weighted by molar-refractivity contribution is 0.581. The maximum Gasteiger partial charge on any atom is 0.242 e. The highest BCUT2D eigenvalue weighted by atomic mass is 35.5. The van der Waals surface area contributed by atoms with Crippen molar-refractivity contribution in [3.05, 3.63) is 46.7 Å². The van der Waals surface area contributed by atoms with Crippen LogP contribution in [0.1, 0.15) is 11.1 Å². The van der Waals surface area contributed by atoms with Gasteiger partial charge >= 0.3 is 0 Å². The average Bonchev–Trinajstić information content (AvgIpc) is 2.84. The zero-order chi connectivity index (χ0) is 15.5. The summed E-state index contributed by atoms with van der Waals surface area (Å²) in [7, 11) is -1.84. The minimum absolute atomic E-state index is 0.0540. The molecule has 0 saturated carbocycles. The van der Waals surface area contributed by atoms with Crippen LogP contribution in [0.5, 0.6) is 0 Å². The highest BCUT2D eigenvalue weighted by molar-refractivity contribution is 7.89. The van der Waals surface area contributed by atoms with Crippen molar-refractivity contribution in [2.24, 2.45) is 12.8 Å². The quantitative estimate of drug-likeness (QED) is 0.829. The van der Waals surface area contributed by atoms with Gasteiger partial charge < -0.3 is 5.73 Å². The van der Waals surface area contributed by atoms with Gasteiger partial charge in [0.05, 0.1) is 11.2 Å². The van der Waals surface area contributed by atoms with E-state index in [-0.39, 0.29) is 23.0 Å². The number of aromatic nitrogens is 2. The second-order valence-corrected chi connectivity index (χ2v) is 6.78. The lowest BCUT2D eigenvalue weighted by atomic mass is 10.2. The highest BCUT2D eigenvalue weighted by Crippen LogP contribution is 2.22. The molecular weight excluding hydrogens is 312 g/mol. The second kappa shape index (κ2) is 6.57. The topological polar surface area (TPSA) is 90.0 Å². The van der Waals surface area contributed by atoms with E-state index in [1.807, 2.05) is 13.2 Å². The summed E-state index contributed by atoms with van der Waals surface area (Å²) in [5.41, 5.74) is 7.20. The number of hydrogen-bond acceptors (Lipinski definition) is 4. The summed E-state index contributed by atoms with van der Waals surface area (Å²) < 4.78 is 28.7. The third-order valence-electron chi connectivity index (χ3n) is 2.98. The van der Waals surface area contributed by atoms with Gasteiger partial charge in [0.1, 0.15) is 4.90 Å². The largest absolute Gasteiger partial charge is 0.326 e. The molecule has 0 saturated heterocycles. The third-order valence-corrected chi connectivity index (χ3v) is 4.93. The van der Waals surface area contributed by atoms with Crippen molar-refractivity contribution in [2.45, 2.75) is 17.9 Å². The Morgan fingerprint density at radius 3 is 2.76 bits per heavy atom. The van der Waals surface area contributed by atoms with Gasteiger partial charge in [-0.05, 0) is 29.7 Å². The molecule has 8 heteroatoms. The molecule has 0 fully saturated rings. The summed E-state index contributed by atoms with van der Waals surface area (Å²) in [4.78, 5) is 0.0540. The number of benzene rings is 1. The van der Waals surface area contributed by atoms with Gasteiger partial charge in [-0.25, -0.2) is 13.1 Å². The van der Waals surface area contributed by atoms with Crippen molar-refractivity contribution in [2.75, 3.05) is 6.54 Å². The van der Waals surface area contributed by atoms with E-state index in [1.54, 1.807) is 23.0 Å². The smallest absolute Gasteiger partial charge is 0.242 e. The van der Waals surface area contributed by atoms with E-state index >= 15 is 0 Å². The molecule has 0 aliphatic carbocycles. The van der Waals surface area contributed by atoms with Crippen LogP contribution in [0.3, 0.4) is 0 Å². The average molecular weight is 329 g/mol. The fraction of sp³-hybridized carbons (Fsp3) is 0.308. The second-order valence-electron chi connectivity index (χ2n) is 4.64. The van der Waals surface area contributed by atoms with Crippen molar-refractivity contribution in [1.29, 1.82) is 0 Å². The van der Waals surface area contributed by atoms with E-state index in [2.05, 4.69) is 9.82 Å². The molecule has 2 aromatic rings. The summed E-state index contributed by atoms with van der Waals surface area (Å²) >= 11 is 5.96. The zero-order valence-corrected chi connectivity index (χ0v) is 13.2. The Morgan fingerprint density at radius 2 is 2.14 bits per heavy atom. The van der Waals surface area contributed by atoms with Crippen molar-refractivity contribution in [3.8, 4) is 0 Å². The number of rotatable bonds is 6. The lowest BCUT2D eigenvalue weighted by Crippen LogP contribution is -2.26. The van der Waals surface area contributed by atoms with Crippen LogP contribution >= 0.6 is 11.6 Å². The van der Waals surface area contributed by atoms with E-state index in [9.17, 15) is 8.42 Å². The van der Waals surface area contributed by atoms with Crippen LogP contribution in [0.15, 0.2) is 35.5 Å². The molecule has 0 aliphatic rings. The number of hydrogen-bond donors (Lipinski definition) is 2. The number of nitrogens with one attached hydrogen (secondary N) is 1. The minimum Gasteiger partial charge on any atom is -0.326 e. The van der Waals surface area contributed by atoms with E-state index in [1.165, 1.54) is 6.07 Å². The van der Waals surface area contributed by atoms with Crippen molar-refractivity contribution >= 4 is 21.6 Å². The standard InChI is InChI=1S/C13H17ClN4O2S/c1-18-9-11(8-16-18)4-5-17-21(19,20)13-6-10(7-15)2-3-12(13)14/h2-3,6,8-9,17H,4-5,7,15H2,1H3. The number of aryl methyl sites for hydroxylation is 1. The Morgan fingerprint density at radius 1 is 1.38 bits per heavy atom. The van der Waals surface area contributed by atoms with Gasteiger partial charge in [-0.1, -0.05) is 17.7 Å². The number of nitrogens with zero attached hydrogens (tertiary/aromatic N) is 2. The van der Waals surface area contributed by atoms with E-state index in [0.717, 1.165) is 5.56 Å². The molecule has 0 unspecified atom stereocenters. The minimum atomic E-state index is -3.65. The van der Waals surface area contributed by atoms with Crippen LogP contribution in [0.2, 0.25) is 5.02 Å². The van der Waals surface area contributed by atoms with Gasteiger partial charge in [-0.15, -0.1) is 0 Å². The molecule has 0 radical (unpaired) electrons. The molecule has 1 aromatic heterocycles. The van der Waals surface area contributed by atoms with Crippen molar-refractivity contribution in [3.63, 3.8) is 0 Å². The first kappa shape index (κ1) is 16.0. The fourth-order valence-electron chi connectivity index (χ4n) is 1.89. The Bertz CT molecular complexity index is 728. The predicted molar refractivity (Wildman–Crippen MR) is 81.4 cm³/mol. The molecule has 0 atom stereocenters. The van der Waals surface area contributed by atoms with Crippen LogP contribution in [0.25, 0.3) is 0 Å². The number of sulfonamides is 1. The van der Waals surface area contributed by atoms with Crippen LogP contribution < -0.4 is 10.5 Å². The molecule has 3 N–H and O–H groups in total. The van der Waals surface area contributed by atoms with Gasteiger partial charge in [0.15, 0.2) is 0 Å². The maximum atomic E-state index is 12.3. The maximum absolute atomic E-state index is 12.3. The Labute approximate surface area is 129 Å². The lowest BCUT2D eigenvalue weighted by Gasteiger charge is -2.09. The molecule has 0 bridgehead atoms. The summed E-state index contributed by atoms with van der Waals surface area (Å²) in [6.07, 6.45) is 4.11. The Hall–Kier alpha value is -1.41. The first-order chi connectivity index (χ1) is 9.92. The molecule has 0 spiro atoms. The molecule has 21 heavy (non-hydrogen) atoms. The molecule has 6 nitrogen and oxygen atoms in total. The molecule has 0 amide bonds. The van der Waals surface area contributed by atoms with Gasteiger partial charge in [0.2, 0.25) is 10.0 Å². The van der Waals surface area contributed by atoms with Gasteiger partial charge in [0, 0.05) is 26.3 Å². The summed E-state index contributed by atoms with van der Waals surface area (Å²) in [6.45, 7) is 0.534. The van der Waals surface area contributed by atoms with Gasteiger partial charge in [0.25, 0.3) is 0 Å². The Balaban J connectivity index is 2.07. The highest BCUT2D eigenvalue weighted by Gasteiger charge is 2.17. The normalized spacial score (nSPS) is 11.8. The number of halogens is 1. The fourth-order valence-corrected chi connectivity index (χ4v) is 3.47. The van der Waals surface area contributed by atoms with E-state index in [0.29, 0.717) is 12.0 Å². The summed E-state index contributed by atoms with van der Waals surface area (Å²) in [5.74, 6) is 0. The SMILES string of the molecule is Cn1cc(CCNS(=O)(=O)c2cc(CN)ccc2Cl)cn1. The van der Waals surface area contributed by atoms with Gasteiger partial charge in [-0.3, -0.25) is 4.68 Å². The van der Waals surface area contributed by atoms with Crippen LogP contribution in [-0.4, -0.2) is 24.7 Å². The molecule has 1 heterocycles. The van der Waals surface area contributed by atoms with Crippen molar-refractivity contribution < 1.29 is 8.42 Å². The molecule has 2 rings (SSSR count). The van der Waals surface area contributed by atoms with E-state index < -0.39 is 10.0 Å². The summed E-state index contributed by atoms with van der Waals surface area (Å²) in [6, 6.07) is 4.74. The van der Waals surface area contributed by atoms with Gasteiger partial charge in [-0.2, -0.15) is 5.10 Å². The summed E-state index contributed by atoms with van der Waals surface area (Å²) in [5, 5.41) is 4.21. The van der Waals surface area contributed by atoms with Crippen LogP contribution in [-0.2, 0) is 30.0 Å². The van der Waals surface area contributed by atoms with E-state index in [4.69, 9.17) is 17.3 Å². The first-order valence-corrected chi connectivity index (χ1v) is 8.24. The molecule has 114 valence electrons. The van der Waals surface area contributed by atoms with Crippen LogP contribution in [0, 0.1) is 0 Å². The number of nitrogens with two attached hydrogens (primary N) is 1. The first-order valence-electron chi connectivity index (χ1n) is 6.38. The Kier molecular flexibility index (Phi) is 5.00. The van der Waals surface area contributed by atoms with Crippen molar-refractivity contribution in [1.82, 2.24) is 14.5 Å². The van der Waals surface area contributed by atoms with Crippen LogP contribution in [0.4, 0.5) is 0 Å².